The van der Waals surface area contributed by atoms with Crippen LogP contribution in [-0.2, 0) is 13.1 Å². The first-order valence-corrected chi connectivity index (χ1v) is 5.93. The van der Waals surface area contributed by atoms with Gasteiger partial charge >= 0.3 is 0 Å². The molecule has 1 aromatic heterocycles. The molecule has 100 valence electrons. The molecule has 0 bridgehead atoms. The van der Waals surface area contributed by atoms with Gasteiger partial charge in [-0.25, -0.2) is 0 Å². The molecule has 0 atom stereocenters. The fourth-order valence-electron chi connectivity index (χ4n) is 1.59. The average molecular weight is 260 g/mol. The molecule has 0 saturated carbocycles. The summed E-state index contributed by atoms with van der Waals surface area (Å²) in [5, 5.41) is 4.02. The summed E-state index contributed by atoms with van der Waals surface area (Å²) in [5.74, 6) is 0.295. The van der Waals surface area contributed by atoms with Crippen molar-refractivity contribution in [3.63, 3.8) is 0 Å². The van der Waals surface area contributed by atoms with Gasteiger partial charge in [0.1, 0.15) is 12.4 Å². The van der Waals surface area contributed by atoms with Gasteiger partial charge in [0.2, 0.25) is 0 Å². The second kappa shape index (κ2) is 6.01. The summed E-state index contributed by atoms with van der Waals surface area (Å²) in [5.41, 5.74) is 12.1. The van der Waals surface area contributed by atoms with Gasteiger partial charge in [0.25, 0.3) is 5.91 Å². The first-order chi connectivity index (χ1) is 9.19. The zero-order valence-corrected chi connectivity index (χ0v) is 10.5. The minimum atomic E-state index is -0.482. The van der Waals surface area contributed by atoms with Crippen molar-refractivity contribution >= 4 is 5.91 Å². The molecule has 2 rings (SSSR count). The van der Waals surface area contributed by atoms with Crippen LogP contribution in [0.2, 0.25) is 0 Å². The highest BCUT2D eigenvalue weighted by atomic mass is 16.5. The first kappa shape index (κ1) is 13.1. The van der Waals surface area contributed by atoms with E-state index in [0.717, 1.165) is 11.3 Å². The van der Waals surface area contributed by atoms with E-state index in [1.165, 1.54) is 6.20 Å². The number of benzene rings is 1. The van der Waals surface area contributed by atoms with E-state index < -0.39 is 5.91 Å². The number of nitrogens with zero attached hydrogens (tertiary/aromatic N) is 2. The molecule has 0 spiro atoms. The SMILES string of the molecule is NCc1ccc(OCCn2cc(C(N)=O)cn2)cc1. The summed E-state index contributed by atoms with van der Waals surface area (Å²) in [6, 6.07) is 7.60. The second-order valence-electron chi connectivity index (χ2n) is 4.05. The summed E-state index contributed by atoms with van der Waals surface area (Å²) in [7, 11) is 0. The van der Waals surface area contributed by atoms with E-state index in [2.05, 4.69) is 5.10 Å². The largest absolute Gasteiger partial charge is 0.492 e. The Balaban J connectivity index is 1.83. The number of carbonyl (C=O) groups is 1. The van der Waals surface area contributed by atoms with Gasteiger partial charge in [-0.1, -0.05) is 12.1 Å². The zero-order chi connectivity index (χ0) is 13.7. The van der Waals surface area contributed by atoms with Gasteiger partial charge < -0.3 is 16.2 Å². The maximum absolute atomic E-state index is 10.9. The van der Waals surface area contributed by atoms with Crippen LogP contribution in [0.4, 0.5) is 0 Å². The topological polar surface area (TPSA) is 96.2 Å². The molecule has 6 nitrogen and oxygen atoms in total. The van der Waals surface area contributed by atoms with Gasteiger partial charge in [-0.3, -0.25) is 9.48 Å². The highest BCUT2D eigenvalue weighted by Crippen LogP contribution is 2.11. The third kappa shape index (κ3) is 3.56. The molecule has 4 N–H and O–H groups in total. The Morgan fingerprint density at radius 3 is 2.63 bits per heavy atom. The van der Waals surface area contributed by atoms with Crippen LogP contribution in [0.25, 0.3) is 0 Å². The molecule has 1 amide bonds. The van der Waals surface area contributed by atoms with E-state index in [9.17, 15) is 4.79 Å². The summed E-state index contributed by atoms with van der Waals surface area (Å²) in [4.78, 5) is 10.9. The van der Waals surface area contributed by atoms with Crippen LogP contribution in [0.1, 0.15) is 15.9 Å². The van der Waals surface area contributed by atoms with E-state index in [1.807, 2.05) is 24.3 Å². The quantitative estimate of drug-likeness (QED) is 0.791. The molecule has 0 aliphatic rings. The van der Waals surface area contributed by atoms with Gasteiger partial charge in [-0.05, 0) is 17.7 Å². The normalized spacial score (nSPS) is 10.4. The van der Waals surface area contributed by atoms with E-state index in [-0.39, 0.29) is 0 Å². The molecular formula is C13H16N4O2. The van der Waals surface area contributed by atoms with Crippen molar-refractivity contribution in [2.75, 3.05) is 6.61 Å². The summed E-state index contributed by atoms with van der Waals surface area (Å²) in [6.07, 6.45) is 3.04. The number of aromatic nitrogens is 2. The number of carbonyl (C=O) groups excluding carboxylic acids is 1. The number of hydrogen-bond acceptors (Lipinski definition) is 4. The smallest absolute Gasteiger partial charge is 0.251 e. The van der Waals surface area contributed by atoms with Gasteiger partial charge in [-0.2, -0.15) is 5.10 Å². The van der Waals surface area contributed by atoms with Crippen molar-refractivity contribution in [3.8, 4) is 5.75 Å². The van der Waals surface area contributed by atoms with Crippen molar-refractivity contribution < 1.29 is 9.53 Å². The number of hydrogen-bond donors (Lipinski definition) is 2. The fraction of sp³-hybridized carbons (Fsp3) is 0.231. The van der Waals surface area contributed by atoms with Gasteiger partial charge in [-0.15, -0.1) is 0 Å². The predicted octanol–water partition coefficient (Wildman–Crippen LogP) is 0.520. The monoisotopic (exact) mass is 260 g/mol. The van der Waals surface area contributed by atoms with E-state index in [1.54, 1.807) is 10.9 Å². The van der Waals surface area contributed by atoms with Crippen molar-refractivity contribution in [2.45, 2.75) is 13.1 Å². The third-order valence-electron chi connectivity index (χ3n) is 2.67. The molecule has 1 heterocycles. The Morgan fingerprint density at radius 2 is 2.05 bits per heavy atom. The fourth-order valence-corrected chi connectivity index (χ4v) is 1.59. The maximum atomic E-state index is 10.9. The summed E-state index contributed by atoms with van der Waals surface area (Å²) < 4.78 is 7.18. The molecule has 0 fully saturated rings. The Morgan fingerprint density at radius 1 is 1.32 bits per heavy atom. The number of amides is 1. The highest BCUT2D eigenvalue weighted by Gasteiger charge is 2.03. The van der Waals surface area contributed by atoms with Crippen LogP contribution >= 0.6 is 0 Å². The Bertz CT molecular complexity index is 548. The van der Waals surface area contributed by atoms with E-state index in [4.69, 9.17) is 16.2 Å². The highest BCUT2D eigenvalue weighted by molar-refractivity contribution is 5.92. The Kier molecular flexibility index (Phi) is 4.15. The number of primary amides is 1. The summed E-state index contributed by atoms with van der Waals surface area (Å²) >= 11 is 0. The van der Waals surface area contributed by atoms with Crippen LogP contribution in [0.3, 0.4) is 0 Å². The van der Waals surface area contributed by atoms with Crippen LogP contribution in [-0.4, -0.2) is 22.3 Å². The van der Waals surface area contributed by atoms with Crippen LogP contribution in [0.5, 0.6) is 5.75 Å². The van der Waals surface area contributed by atoms with Gasteiger partial charge in [0.15, 0.2) is 0 Å². The molecule has 2 aromatic rings. The lowest BCUT2D eigenvalue weighted by Gasteiger charge is -2.06. The van der Waals surface area contributed by atoms with Crippen molar-refractivity contribution in [2.24, 2.45) is 11.5 Å². The molecule has 0 unspecified atom stereocenters. The molecule has 19 heavy (non-hydrogen) atoms. The Labute approximate surface area is 111 Å². The van der Waals surface area contributed by atoms with E-state index >= 15 is 0 Å². The lowest BCUT2D eigenvalue weighted by molar-refractivity contribution is 0.1000. The predicted molar refractivity (Wildman–Crippen MR) is 70.6 cm³/mol. The molecule has 0 aliphatic heterocycles. The van der Waals surface area contributed by atoms with Crippen molar-refractivity contribution in [1.82, 2.24) is 9.78 Å². The average Bonchev–Trinajstić information content (AvgIpc) is 2.89. The summed E-state index contributed by atoms with van der Waals surface area (Å²) in [6.45, 7) is 1.53. The minimum Gasteiger partial charge on any atom is -0.492 e. The Hall–Kier alpha value is -2.34. The lowest BCUT2D eigenvalue weighted by Crippen LogP contribution is -2.11. The number of nitrogens with two attached hydrogens (primary N) is 2. The minimum absolute atomic E-state index is 0.396. The second-order valence-corrected chi connectivity index (χ2v) is 4.05. The van der Waals surface area contributed by atoms with Crippen LogP contribution in [0.15, 0.2) is 36.7 Å². The molecule has 0 saturated heterocycles. The molecular weight excluding hydrogens is 244 g/mol. The standard InChI is InChI=1S/C13H16N4O2/c14-7-10-1-3-12(4-2-10)19-6-5-17-9-11(8-16-17)13(15)18/h1-4,8-9H,5-7,14H2,(H2,15,18). The number of ether oxygens (including phenoxy) is 1. The van der Waals surface area contributed by atoms with E-state index in [0.29, 0.717) is 25.3 Å². The third-order valence-corrected chi connectivity index (χ3v) is 2.67. The van der Waals surface area contributed by atoms with Crippen LogP contribution in [0, 0.1) is 0 Å². The zero-order valence-electron chi connectivity index (χ0n) is 10.5. The lowest BCUT2D eigenvalue weighted by atomic mass is 10.2. The molecule has 1 aromatic carbocycles. The van der Waals surface area contributed by atoms with Crippen molar-refractivity contribution in [3.05, 3.63) is 47.8 Å². The number of rotatable bonds is 6. The molecule has 0 aliphatic carbocycles. The van der Waals surface area contributed by atoms with Gasteiger partial charge in [0, 0.05) is 12.7 Å². The molecule has 0 radical (unpaired) electrons. The molecule has 6 heteroatoms. The maximum Gasteiger partial charge on any atom is 0.251 e. The van der Waals surface area contributed by atoms with Crippen LogP contribution < -0.4 is 16.2 Å². The first-order valence-electron chi connectivity index (χ1n) is 5.93. The van der Waals surface area contributed by atoms with Crippen molar-refractivity contribution in [1.29, 1.82) is 0 Å². The van der Waals surface area contributed by atoms with Gasteiger partial charge in [0.05, 0.1) is 18.3 Å².